The van der Waals surface area contributed by atoms with Gasteiger partial charge in [0.25, 0.3) is 0 Å². The molecule has 0 unspecified atom stereocenters. The zero-order chi connectivity index (χ0) is 10.1. The number of phenols is 1. The monoisotopic (exact) mass is 205 g/mol. The number of benzene rings is 2. The summed E-state index contributed by atoms with van der Waals surface area (Å²) in [6.45, 7) is 0. The molecule has 0 fully saturated rings. The van der Waals surface area contributed by atoms with Crippen LogP contribution in [-0.2, 0) is 0 Å². The topological polar surface area (TPSA) is 44.1 Å². The van der Waals surface area contributed by atoms with Crippen LogP contribution in [0.4, 0.5) is 0 Å². The lowest BCUT2D eigenvalue weighted by atomic mass is 10.1. The highest BCUT2D eigenvalue weighted by molar-refractivity contribution is 6.68. The van der Waals surface area contributed by atoms with Gasteiger partial charge in [0.1, 0.15) is 10.9 Å². The van der Waals surface area contributed by atoms with E-state index in [9.17, 15) is 5.11 Å². The van der Waals surface area contributed by atoms with Gasteiger partial charge in [-0.15, -0.1) is 0 Å². The Labute approximate surface area is 86.3 Å². The zero-order valence-corrected chi connectivity index (χ0v) is 8.05. The lowest BCUT2D eigenvalue weighted by molar-refractivity contribution is 0.476. The van der Waals surface area contributed by atoms with Crippen LogP contribution in [-0.4, -0.2) is 10.3 Å². The SMILES string of the molecule is N=C(Cl)c1ccc2cc(O)ccc2c1. The molecule has 2 rings (SSSR count). The first-order chi connectivity index (χ1) is 6.66. The fourth-order valence-electron chi connectivity index (χ4n) is 1.37. The lowest BCUT2D eigenvalue weighted by Gasteiger charge is -2.01. The molecule has 0 aliphatic rings. The van der Waals surface area contributed by atoms with Gasteiger partial charge in [-0.2, -0.15) is 0 Å². The molecular formula is C11H8ClNO. The van der Waals surface area contributed by atoms with Crippen LogP contribution in [0.2, 0.25) is 0 Å². The van der Waals surface area contributed by atoms with Crippen LogP contribution in [0, 0.1) is 5.41 Å². The second kappa shape index (κ2) is 3.31. The zero-order valence-electron chi connectivity index (χ0n) is 7.29. The molecule has 0 aliphatic carbocycles. The van der Waals surface area contributed by atoms with Crippen molar-refractivity contribution in [3.8, 4) is 5.75 Å². The summed E-state index contributed by atoms with van der Waals surface area (Å²) in [4.78, 5) is 0. The summed E-state index contributed by atoms with van der Waals surface area (Å²) in [7, 11) is 0. The van der Waals surface area contributed by atoms with Gasteiger partial charge in [-0.25, -0.2) is 0 Å². The van der Waals surface area contributed by atoms with Crippen molar-refractivity contribution >= 4 is 27.5 Å². The van der Waals surface area contributed by atoms with E-state index in [0.717, 1.165) is 10.8 Å². The van der Waals surface area contributed by atoms with Gasteiger partial charge in [0, 0.05) is 5.56 Å². The second-order valence-electron chi connectivity index (χ2n) is 3.06. The minimum absolute atomic E-state index is 0.0278. The Hall–Kier alpha value is -1.54. The van der Waals surface area contributed by atoms with Crippen molar-refractivity contribution < 1.29 is 5.11 Å². The molecule has 0 aliphatic heterocycles. The summed E-state index contributed by atoms with van der Waals surface area (Å²) >= 11 is 5.57. The Morgan fingerprint density at radius 3 is 2.43 bits per heavy atom. The molecule has 3 heteroatoms. The molecule has 0 atom stereocenters. The number of phenolic OH excluding ortho intramolecular Hbond substituents is 1. The third-order valence-electron chi connectivity index (χ3n) is 2.08. The highest BCUT2D eigenvalue weighted by atomic mass is 35.5. The van der Waals surface area contributed by atoms with Crippen LogP contribution in [0.25, 0.3) is 10.8 Å². The third kappa shape index (κ3) is 1.56. The molecule has 0 saturated heterocycles. The summed E-state index contributed by atoms with van der Waals surface area (Å²) in [5.41, 5.74) is 0.685. The van der Waals surface area contributed by atoms with Crippen molar-refractivity contribution in [3.05, 3.63) is 42.0 Å². The average Bonchev–Trinajstić information content (AvgIpc) is 2.16. The molecular weight excluding hydrogens is 198 g/mol. The van der Waals surface area contributed by atoms with Gasteiger partial charge in [0.05, 0.1) is 0 Å². The van der Waals surface area contributed by atoms with Gasteiger partial charge in [0.2, 0.25) is 0 Å². The highest BCUT2D eigenvalue weighted by Crippen LogP contribution is 2.21. The molecule has 14 heavy (non-hydrogen) atoms. The van der Waals surface area contributed by atoms with Crippen molar-refractivity contribution in [3.63, 3.8) is 0 Å². The number of hydrogen-bond donors (Lipinski definition) is 2. The number of aromatic hydroxyl groups is 1. The van der Waals surface area contributed by atoms with E-state index in [1.54, 1.807) is 24.3 Å². The molecule has 70 valence electrons. The average molecular weight is 206 g/mol. The van der Waals surface area contributed by atoms with Gasteiger partial charge in [-0.3, -0.25) is 5.41 Å². The van der Waals surface area contributed by atoms with Gasteiger partial charge in [-0.05, 0) is 29.0 Å². The van der Waals surface area contributed by atoms with Crippen molar-refractivity contribution in [2.24, 2.45) is 0 Å². The Balaban J connectivity index is 2.67. The van der Waals surface area contributed by atoms with Crippen molar-refractivity contribution in [1.29, 1.82) is 5.41 Å². The molecule has 2 aromatic carbocycles. The lowest BCUT2D eigenvalue weighted by Crippen LogP contribution is -1.87. The summed E-state index contributed by atoms with van der Waals surface area (Å²) in [6, 6.07) is 10.5. The largest absolute Gasteiger partial charge is 0.508 e. The maximum atomic E-state index is 9.24. The van der Waals surface area contributed by atoms with Crippen LogP contribution < -0.4 is 0 Å². The van der Waals surface area contributed by atoms with E-state index < -0.39 is 0 Å². The van der Waals surface area contributed by atoms with Crippen LogP contribution >= 0.6 is 11.6 Å². The molecule has 0 aromatic heterocycles. The van der Waals surface area contributed by atoms with Gasteiger partial charge >= 0.3 is 0 Å². The number of rotatable bonds is 1. The predicted molar refractivity (Wildman–Crippen MR) is 58.3 cm³/mol. The second-order valence-corrected chi connectivity index (χ2v) is 3.44. The van der Waals surface area contributed by atoms with E-state index in [4.69, 9.17) is 17.0 Å². The summed E-state index contributed by atoms with van der Waals surface area (Å²) in [5.74, 6) is 0.242. The summed E-state index contributed by atoms with van der Waals surface area (Å²) in [6.07, 6.45) is 0. The van der Waals surface area contributed by atoms with Crippen LogP contribution in [0.5, 0.6) is 5.75 Å². The molecule has 2 aromatic rings. The molecule has 0 amide bonds. The third-order valence-corrected chi connectivity index (χ3v) is 2.30. The molecule has 2 nitrogen and oxygen atoms in total. The van der Waals surface area contributed by atoms with Crippen LogP contribution in [0.3, 0.4) is 0 Å². The summed E-state index contributed by atoms with van der Waals surface area (Å²) < 4.78 is 0. The summed E-state index contributed by atoms with van der Waals surface area (Å²) in [5, 5.41) is 18.4. The predicted octanol–water partition coefficient (Wildman–Crippen LogP) is 3.11. The van der Waals surface area contributed by atoms with E-state index in [2.05, 4.69) is 0 Å². The van der Waals surface area contributed by atoms with Gasteiger partial charge in [-0.1, -0.05) is 29.8 Å². The first-order valence-corrected chi connectivity index (χ1v) is 4.52. The van der Waals surface area contributed by atoms with E-state index in [1.807, 2.05) is 12.1 Å². The van der Waals surface area contributed by atoms with Crippen molar-refractivity contribution in [1.82, 2.24) is 0 Å². The fourth-order valence-corrected chi connectivity index (χ4v) is 1.49. The van der Waals surface area contributed by atoms with E-state index in [-0.39, 0.29) is 10.9 Å². The normalized spacial score (nSPS) is 10.4. The standard InChI is InChI=1S/C11H8ClNO/c12-11(13)9-2-1-8-6-10(14)4-3-7(8)5-9/h1-6,13-14H. The first-order valence-electron chi connectivity index (χ1n) is 4.14. The number of nitrogens with one attached hydrogen (secondary N) is 1. The van der Waals surface area contributed by atoms with E-state index >= 15 is 0 Å². The maximum absolute atomic E-state index is 9.24. The van der Waals surface area contributed by atoms with Crippen molar-refractivity contribution in [2.45, 2.75) is 0 Å². The molecule has 0 spiro atoms. The fraction of sp³-hybridized carbons (Fsp3) is 0. The van der Waals surface area contributed by atoms with E-state index in [0.29, 0.717) is 5.56 Å². The molecule has 2 N–H and O–H groups in total. The minimum Gasteiger partial charge on any atom is -0.508 e. The molecule has 0 saturated carbocycles. The Morgan fingerprint density at radius 2 is 1.71 bits per heavy atom. The molecule has 0 bridgehead atoms. The Morgan fingerprint density at radius 1 is 1.07 bits per heavy atom. The number of fused-ring (bicyclic) bond motifs is 1. The molecule has 0 radical (unpaired) electrons. The van der Waals surface area contributed by atoms with Gasteiger partial charge < -0.3 is 5.11 Å². The first kappa shape index (κ1) is 9.03. The Kier molecular flexibility index (Phi) is 2.14. The van der Waals surface area contributed by atoms with Crippen LogP contribution in [0.15, 0.2) is 36.4 Å². The van der Waals surface area contributed by atoms with Crippen molar-refractivity contribution in [2.75, 3.05) is 0 Å². The maximum Gasteiger partial charge on any atom is 0.128 e. The van der Waals surface area contributed by atoms with E-state index in [1.165, 1.54) is 0 Å². The number of hydrogen-bond acceptors (Lipinski definition) is 2. The number of halogens is 1. The quantitative estimate of drug-likeness (QED) is 0.691. The van der Waals surface area contributed by atoms with Crippen LogP contribution in [0.1, 0.15) is 5.56 Å². The Bertz CT molecular complexity index is 508. The minimum atomic E-state index is 0.0278. The van der Waals surface area contributed by atoms with Gasteiger partial charge in [0.15, 0.2) is 0 Å². The molecule has 0 heterocycles. The smallest absolute Gasteiger partial charge is 0.128 e. The highest BCUT2D eigenvalue weighted by Gasteiger charge is 2.00.